The van der Waals surface area contributed by atoms with Gasteiger partial charge < -0.3 is 10.4 Å². The summed E-state index contributed by atoms with van der Waals surface area (Å²) in [5.41, 5.74) is 3.54. The molecule has 0 aromatic heterocycles. The number of hydrogen-bond acceptors (Lipinski definition) is 4. The van der Waals surface area contributed by atoms with Gasteiger partial charge in [-0.1, -0.05) is 30.3 Å². The van der Waals surface area contributed by atoms with E-state index in [1.807, 2.05) is 48.5 Å². The normalized spacial score (nSPS) is 17.7. The minimum absolute atomic E-state index is 0.163. The maximum absolute atomic E-state index is 12.5. The van der Waals surface area contributed by atoms with E-state index in [2.05, 4.69) is 15.1 Å². The molecule has 30 heavy (non-hydrogen) atoms. The average Bonchev–Trinajstić information content (AvgIpc) is 3.45. The molecular weight excluding hydrogens is 374 g/mol. The second kappa shape index (κ2) is 9.92. The number of phenolic OH excluding ortho intramolecular Hbond substituents is 1. The molecule has 5 heteroatoms. The summed E-state index contributed by atoms with van der Waals surface area (Å²) in [5, 5.41) is 13.9. The number of phenols is 1. The Balaban J connectivity index is 1.52. The smallest absolute Gasteiger partial charge is 0.248 e. The van der Waals surface area contributed by atoms with Crippen LogP contribution in [0.1, 0.15) is 42.4 Å². The van der Waals surface area contributed by atoms with E-state index in [-0.39, 0.29) is 5.91 Å². The number of aromatic hydroxyl groups is 1. The lowest BCUT2D eigenvalue weighted by atomic mass is 10.1. The van der Waals surface area contributed by atoms with Crippen molar-refractivity contribution in [3.63, 3.8) is 0 Å². The molecular formula is C25H31N3O2. The fraction of sp³-hybridized carbons (Fsp3) is 0.400. The van der Waals surface area contributed by atoms with Crippen LogP contribution in [0.3, 0.4) is 0 Å². The van der Waals surface area contributed by atoms with Crippen molar-refractivity contribution in [1.29, 1.82) is 0 Å². The van der Waals surface area contributed by atoms with Crippen molar-refractivity contribution in [3.8, 4) is 5.75 Å². The Morgan fingerprint density at radius 2 is 1.43 bits per heavy atom. The minimum atomic E-state index is -0.163. The van der Waals surface area contributed by atoms with E-state index in [0.29, 0.717) is 5.75 Å². The molecule has 0 aliphatic carbocycles. The van der Waals surface area contributed by atoms with Gasteiger partial charge in [0.15, 0.2) is 0 Å². The van der Waals surface area contributed by atoms with Gasteiger partial charge in [0.25, 0.3) is 0 Å². The topological polar surface area (TPSA) is 55.8 Å². The zero-order valence-electron chi connectivity index (χ0n) is 17.5. The fourth-order valence-electron chi connectivity index (χ4n) is 4.36. The van der Waals surface area contributed by atoms with Crippen molar-refractivity contribution in [2.75, 3.05) is 31.5 Å². The maximum atomic E-state index is 12.5. The molecule has 2 aromatic carbocycles. The van der Waals surface area contributed by atoms with E-state index in [4.69, 9.17) is 0 Å². The van der Waals surface area contributed by atoms with Crippen LogP contribution in [0.15, 0.2) is 48.5 Å². The number of hydrogen-bond donors (Lipinski definition) is 2. The van der Waals surface area contributed by atoms with E-state index < -0.39 is 0 Å². The van der Waals surface area contributed by atoms with Crippen LogP contribution < -0.4 is 5.32 Å². The third-order valence-electron chi connectivity index (χ3n) is 5.95. The van der Waals surface area contributed by atoms with Crippen LogP contribution in [-0.4, -0.2) is 47.0 Å². The highest BCUT2D eigenvalue weighted by molar-refractivity contribution is 6.02. The molecule has 2 aliphatic heterocycles. The highest BCUT2D eigenvalue weighted by atomic mass is 16.3. The molecule has 4 rings (SSSR count). The molecule has 5 nitrogen and oxygen atoms in total. The molecule has 1 amide bonds. The number of likely N-dealkylation sites (tertiary alicyclic amines) is 2. The third-order valence-corrected chi connectivity index (χ3v) is 5.95. The first-order valence-electron chi connectivity index (χ1n) is 11.0. The molecule has 2 heterocycles. The molecule has 0 atom stereocenters. The standard InChI is InChI=1S/C25H31N3O2/c29-24(11-10-20-8-2-1-3-9-20)26-23-16-21(18-27-12-4-5-13-27)25(30)22(17-23)19-28-14-6-7-15-28/h1-3,8-11,16-17,30H,4-7,12-15,18-19H2,(H,26,29)/b11-10+. The van der Waals surface area contributed by atoms with Gasteiger partial charge in [-0.15, -0.1) is 0 Å². The van der Waals surface area contributed by atoms with E-state index in [0.717, 1.165) is 61.6 Å². The molecule has 0 radical (unpaired) electrons. The Morgan fingerprint density at radius 3 is 1.97 bits per heavy atom. The van der Waals surface area contributed by atoms with Crippen molar-refractivity contribution in [3.05, 3.63) is 65.2 Å². The summed E-state index contributed by atoms with van der Waals surface area (Å²) in [5.74, 6) is 0.218. The highest BCUT2D eigenvalue weighted by Crippen LogP contribution is 2.31. The summed E-state index contributed by atoms with van der Waals surface area (Å²) >= 11 is 0. The van der Waals surface area contributed by atoms with Crippen LogP contribution in [0.4, 0.5) is 5.69 Å². The SMILES string of the molecule is O=C(/C=C/c1ccccc1)Nc1cc(CN2CCCC2)c(O)c(CN2CCCC2)c1. The van der Waals surface area contributed by atoms with E-state index in [1.54, 1.807) is 6.08 Å². The number of nitrogens with one attached hydrogen (secondary N) is 1. The minimum Gasteiger partial charge on any atom is -0.507 e. The first-order valence-corrected chi connectivity index (χ1v) is 11.0. The van der Waals surface area contributed by atoms with Crippen LogP contribution in [0.5, 0.6) is 5.75 Å². The predicted octanol–water partition coefficient (Wildman–Crippen LogP) is 4.24. The van der Waals surface area contributed by atoms with Crippen LogP contribution in [0.25, 0.3) is 6.08 Å². The zero-order valence-corrected chi connectivity index (χ0v) is 17.5. The summed E-state index contributed by atoms with van der Waals surface area (Å²) in [7, 11) is 0. The largest absolute Gasteiger partial charge is 0.507 e. The van der Waals surface area contributed by atoms with Crippen molar-refractivity contribution >= 4 is 17.7 Å². The zero-order chi connectivity index (χ0) is 20.8. The molecule has 2 aromatic rings. The molecule has 0 saturated carbocycles. The summed E-state index contributed by atoms with van der Waals surface area (Å²) in [6.07, 6.45) is 8.21. The molecule has 158 valence electrons. The lowest BCUT2D eigenvalue weighted by Crippen LogP contribution is -2.21. The number of amides is 1. The van der Waals surface area contributed by atoms with Gasteiger partial charge in [0.05, 0.1) is 0 Å². The summed E-state index contributed by atoms with van der Waals surface area (Å²) in [6, 6.07) is 13.6. The summed E-state index contributed by atoms with van der Waals surface area (Å²) < 4.78 is 0. The van der Waals surface area contributed by atoms with Crippen molar-refractivity contribution < 1.29 is 9.90 Å². The summed E-state index contributed by atoms with van der Waals surface area (Å²) in [6.45, 7) is 5.72. The first-order chi connectivity index (χ1) is 14.7. The molecule has 0 spiro atoms. The average molecular weight is 406 g/mol. The van der Waals surface area contributed by atoms with E-state index >= 15 is 0 Å². The summed E-state index contributed by atoms with van der Waals surface area (Å²) in [4.78, 5) is 17.2. The number of carbonyl (C=O) groups is 1. The second-order valence-corrected chi connectivity index (χ2v) is 8.34. The van der Waals surface area contributed by atoms with Crippen LogP contribution in [0.2, 0.25) is 0 Å². The number of rotatable bonds is 7. The molecule has 0 unspecified atom stereocenters. The number of nitrogens with zero attached hydrogens (tertiary/aromatic N) is 2. The fourth-order valence-corrected chi connectivity index (χ4v) is 4.36. The first kappa shape index (κ1) is 20.6. The second-order valence-electron chi connectivity index (χ2n) is 8.34. The van der Waals surface area contributed by atoms with E-state index in [1.165, 1.54) is 25.7 Å². The molecule has 2 N–H and O–H groups in total. The number of anilines is 1. The molecule has 2 aliphatic rings. The molecule has 2 fully saturated rings. The monoisotopic (exact) mass is 405 g/mol. The van der Waals surface area contributed by atoms with Gasteiger partial charge in [0.1, 0.15) is 5.75 Å². The van der Waals surface area contributed by atoms with Crippen molar-refractivity contribution in [1.82, 2.24) is 9.80 Å². The lowest BCUT2D eigenvalue weighted by Gasteiger charge is -2.21. The van der Waals surface area contributed by atoms with Crippen molar-refractivity contribution in [2.45, 2.75) is 38.8 Å². The van der Waals surface area contributed by atoms with Gasteiger partial charge in [-0.2, -0.15) is 0 Å². The molecule has 0 bridgehead atoms. The number of carbonyl (C=O) groups excluding carboxylic acids is 1. The third kappa shape index (κ3) is 5.49. The lowest BCUT2D eigenvalue weighted by molar-refractivity contribution is -0.111. The van der Waals surface area contributed by atoms with Gasteiger partial charge in [0, 0.05) is 36.0 Å². The van der Waals surface area contributed by atoms with Crippen LogP contribution >= 0.6 is 0 Å². The number of benzene rings is 2. The van der Waals surface area contributed by atoms with Gasteiger partial charge in [-0.3, -0.25) is 14.6 Å². The quantitative estimate of drug-likeness (QED) is 0.535. The van der Waals surface area contributed by atoms with Gasteiger partial charge in [-0.25, -0.2) is 0 Å². The van der Waals surface area contributed by atoms with E-state index in [9.17, 15) is 9.90 Å². The van der Waals surface area contributed by atoms with Gasteiger partial charge >= 0.3 is 0 Å². The van der Waals surface area contributed by atoms with Crippen LogP contribution in [0, 0.1) is 0 Å². The highest BCUT2D eigenvalue weighted by Gasteiger charge is 2.19. The predicted molar refractivity (Wildman–Crippen MR) is 121 cm³/mol. The maximum Gasteiger partial charge on any atom is 0.248 e. The van der Waals surface area contributed by atoms with Gasteiger partial charge in [-0.05, 0) is 75.6 Å². The Kier molecular flexibility index (Phi) is 6.82. The van der Waals surface area contributed by atoms with Gasteiger partial charge in [0.2, 0.25) is 5.91 Å². The van der Waals surface area contributed by atoms with Crippen molar-refractivity contribution in [2.24, 2.45) is 0 Å². The Morgan fingerprint density at radius 1 is 0.900 bits per heavy atom. The molecule has 2 saturated heterocycles. The Labute approximate surface area is 179 Å². The Hall–Kier alpha value is -2.63. The Bertz CT molecular complexity index is 844. The van der Waals surface area contributed by atoms with Crippen LogP contribution in [-0.2, 0) is 17.9 Å².